The van der Waals surface area contributed by atoms with E-state index in [0.717, 1.165) is 25.0 Å². The van der Waals surface area contributed by atoms with Gasteiger partial charge in [-0.1, -0.05) is 12.1 Å². The number of nitrogens with zero attached hydrogens (tertiary/aromatic N) is 3. The van der Waals surface area contributed by atoms with E-state index in [0.29, 0.717) is 0 Å². The van der Waals surface area contributed by atoms with Gasteiger partial charge in [-0.15, -0.1) is 11.8 Å². The summed E-state index contributed by atoms with van der Waals surface area (Å²) >= 11 is 1.78. The Hall–Kier alpha value is -1.20. The minimum absolute atomic E-state index is 0.732. The molecule has 0 amide bonds. The number of rotatable bonds is 5. The molecule has 0 spiro atoms. The van der Waals surface area contributed by atoms with E-state index in [1.54, 1.807) is 11.8 Å². The standard InChI is InChI=1S/C17H28N4S/c1-18-17(19-11-15-9-10-20(2)12-15)21(3)13-14-5-7-16(22-4)8-6-14/h5-8,15H,9-13H2,1-4H3,(H,18,19). The van der Waals surface area contributed by atoms with E-state index in [1.165, 1.54) is 30.0 Å². The Morgan fingerprint density at radius 3 is 2.68 bits per heavy atom. The van der Waals surface area contributed by atoms with E-state index in [-0.39, 0.29) is 0 Å². The molecule has 0 aromatic heterocycles. The molecule has 1 fully saturated rings. The monoisotopic (exact) mass is 320 g/mol. The van der Waals surface area contributed by atoms with Crippen molar-refractivity contribution in [1.82, 2.24) is 15.1 Å². The van der Waals surface area contributed by atoms with Crippen LogP contribution in [-0.2, 0) is 6.54 Å². The maximum Gasteiger partial charge on any atom is 0.193 e. The number of hydrogen-bond acceptors (Lipinski definition) is 3. The van der Waals surface area contributed by atoms with Crippen molar-refractivity contribution < 1.29 is 0 Å². The molecule has 0 saturated carbocycles. The number of thioether (sulfide) groups is 1. The molecule has 4 nitrogen and oxygen atoms in total. The van der Waals surface area contributed by atoms with Gasteiger partial charge in [0.1, 0.15) is 0 Å². The summed E-state index contributed by atoms with van der Waals surface area (Å²) < 4.78 is 0. The van der Waals surface area contributed by atoms with Crippen molar-refractivity contribution >= 4 is 17.7 Å². The van der Waals surface area contributed by atoms with Crippen molar-refractivity contribution in [3.05, 3.63) is 29.8 Å². The molecular weight excluding hydrogens is 292 g/mol. The van der Waals surface area contributed by atoms with Gasteiger partial charge in [-0.3, -0.25) is 4.99 Å². The smallest absolute Gasteiger partial charge is 0.193 e. The number of aliphatic imine (C=N–C) groups is 1. The van der Waals surface area contributed by atoms with Crippen LogP contribution >= 0.6 is 11.8 Å². The zero-order valence-corrected chi connectivity index (χ0v) is 15.0. The first kappa shape index (κ1) is 17.2. The Kier molecular flexibility index (Phi) is 6.58. The predicted molar refractivity (Wildman–Crippen MR) is 96.7 cm³/mol. The van der Waals surface area contributed by atoms with Gasteiger partial charge < -0.3 is 15.1 Å². The Bertz CT molecular complexity index is 486. The second-order valence-electron chi connectivity index (χ2n) is 6.05. The van der Waals surface area contributed by atoms with Crippen molar-refractivity contribution in [1.29, 1.82) is 0 Å². The van der Waals surface area contributed by atoms with E-state index in [1.807, 2.05) is 7.05 Å². The van der Waals surface area contributed by atoms with Crippen molar-refractivity contribution in [3.63, 3.8) is 0 Å². The zero-order valence-electron chi connectivity index (χ0n) is 14.2. The lowest BCUT2D eigenvalue weighted by molar-refractivity contribution is 0.390. The molecule has 2 rings (SSSR count). The highest BCUT2D eigenvalue weighted by Crippen LogP contribution is 2.16. The third-order valence-corrected chi connectivity index (χ3v) is 4.93. The normalized spacial score (nSPS) is 19.5. The SMILES string of the molecule is CN=C(NCC1CCN(C)C1)N(C)Cc1ccc(SC)cc1. The molecule has 0 bridgehead atoms. The minimum Gasteiger partial charge on any atom is -0.356 e. The van der Waals surface area contributed by atoms with Gasteiger partial charge in [0.05, 0.1) is 0 Å². The topological polar surface area (TPSA) is 30.9 Å². The van der Waals surface area contributed by atoms with Crippen molar-refractivity contribution in [2.75, 3.05) is 47.0 Å². The highest BCUT2D eigenvalue weighted by molar-refractivity contribution is 7.98. The molecule has 1 saturated heterocycles. The van der Waals surface area contributed by atoms with Crippen molar-refractivity contribution in [3.8, 4) is 0 Å². The summed E-state index contributed by atoms with van der Waals surface area (Å²) in [5.41, 5.74) is 1.31. The van der Waals surface area contributed by atoms with Crippen molar-refractivity contribution in [2.45, 2.75) is 17.9 Å². The summed E-state index contributed by atoms with van der Waals surface area (Å²) in [7, 11) is 6.15. The fourth-order valence-electron chi connectivity index (χ4n) is 2.89. The number of nitrogens with one attached hydrogen (secondary N) is 1. The van der Waals surface area contributed by atoms with Crippen LogP contribution < -0.4 is 5.32 Å². The van der Waals surface area contributed by atoms with Gasteiger partial charge in [-0.25, -0.2) is 0 Å². The second kappa shape index (κ2) is 8.44. The van der Waals surface area contributed by atoms with Crippen LogP contribution in [0.25, 0.3) is 0 Å². The average Bonchev–Trinajstić information content (AvgIpc) is 2.94. The molecule has 1 heterocycles. The third-order valence-electron chi connectivity index (χ3n) is 4.19. The van der Waals surface area contributed by atoms with E-state index in [4.69, 9.17) is 0 Å². The van der Waals surface area contributed by atoms with E-state index in [2.05, 4.69) is 64.7 Å². The molecule has 0 radical (unpaired) electrons. The molecule has 0 aliphatic carbocycles. The molecule has 1 unspecified atom stereocenters. The quantitative estimate of drug-likeness (QED) is 0.513. The lowest BCUT2D eigenvalue weighted by Crippen LogP contribution is -2.41. The first-order chi connectivity index (χ1) is 10.6. The van der Waals surface area contributed by atoms with Gasteiger partial charge in [0.2, 0.25) is 0 Å². The molecular formula is C17H28N4S. The van der Waals surface area contributed by atoms with E-state index in [9.17, 15) is 0 Å². The number of guanidine groups is 1. The Balaban J connectivity index is 1.84. The largest absolute Gasteiger partial charge is 0.356 e. The highest BCUT2D eigenvalue weighted by atomic mass is 32.2. The summed E-state index contributed by atoms with van der Waals surface area (Å²) in [6.07, 6.45) is 3.38. The van der Waals surface area contributed by atoms with Crippen LogP contribution in [0.4, 0.5) is 0 Å². The highest BCUT2D eigenvalue weighted by Gasteiger charge is 2.19. The van der Waals surface area contributed by atoms with Gasteiger partial charge in [0, 0.05) is 38.6 Å². The summed E-state index contributed by atoms with van der Waals surface area (Å²) in [4.78, 5) is 10.3. The average molecular weight is 321 g/mol. The van der Waals surface area contributed by atoms with Crippen LogP contribution in [0.2, 0.25) is 0 Å². The number of benzene rings is 1. The summed E-state index contributed by atoms with van der Waals surface area (Å²) in [5, 5.41) is 3.52. The lowest BCUT2D eigenvalue weighted by Gasteiger charge is -2.23. The maximum absolute atomic E-state index is 4.41. The van der Waals surface area contributed by atoms with Gasteiger partial charge >= 0.3 is 0 Å². The third kappa shape index (κ3) is 4.92. The molecule has 22 heavy (non-hydrogen) atoms. The van der Waals surface area contributed by atoms with Crippen LogP contribution in [0.1, 0.15) is 12.0 Å². The van der Waals surface area contributed by atoms with Crippen LogP contribution in [0, 0.1) is 5.92 Å². The number of likely N-dealkylation sites (tertiary alicyclic amines) is 1. The van der Waals surface area contributed by atoms with Gasteiger partial charge in [-0.05, 0) is 49.9 Å². The zero-order chi connectivity index (χ0) is 15.9. The summed E-state index contributed by atoms with van der Waals surface area (Å²) in [5.74, 6) is 1.71. The van der Waals surface area contributed by atoms with Crippen LogP contribution in [0.15, 0.2) is 34.2 Å². The lowest BCUT2D eigenvalue weighted by atomic mass is 10.1. The van der Waals surface area contributed by atoms with Crippen molar-refractivity contribution in [2.24, 2.45) is 10.9 Å². The Morgan fingerprint density at radius 1 is 1.41 bits per heavy atom. The fraction of sp³-hybridized carbons (Fsp3) is 0.588. The Labute approximate surface area is 139 Å². The maximum atomic E-state index is 4.41. The van der Waals surface area contributed by atoms with E-state index < -0.39 is 0 Å². The first-order valence-electron chi connectivity index (χ1n) is 7.85. The second-order valence-corrected chi connectivity index (χ2v) is 6.93. The first-order valence-corrected chi connectivity index (χ1v) is 9.08. The molecule has 1 aliphatic heterocycles. The molecule has 1 aliphatic rings. The number of hydrogen-bond donors (Lipinski definition) is 1. The van der Waals surface area contributed by atoms with Gasteiger partial charge in [-0.2, -0.15) is 0 Å². The van der Waals surface area contributed by atoms with Crippen LogP contribution in [0.5, 0.6) is 0 Å². The van der Waals surface area contributed by atoms with Crippen LogP contribution in [-0.4, -0.2) is 62.8 Å². The van der Waals surface area contributed by atoms with Gasteiger partial charge in [0.25, 0.3) is 0 Å². The van der Waals surface area contributed by atoms with Gasteiger partial charge in [0.15, 0.2) is 5.96 Å². The summed E-state index contributed by atoms with van der Waals surface area (Å²) in [6.45, 7) is 4.28. The molecule has 1 aromatic carbocycles. The molecule has 122 valence electrons. The molecule has 1 N–H and O–H groups in total. The minimum atomic E-state index is 0.732. The molecule has 5 heteroatoms. The molecule has 1 aromatic rings. The van der Waals surface area contributed by atoms with E-state index >= 15 is 0 Å². The van der Waals surface area contributed by atoms with Crippen LogP contribution in [0.3, 0.4) is 0 Å². The Morgan fingerprint density at radius 2 is 2.14 bits per heavy atom. The predicted octanol–water partition coefficient (Wildman–Crippen LogP) is 2.37. The molecule has 1 atom stereocenters. The summed E-state index contributed by atoms with van der Waals surface area (Å²) in [6, 6.07) is 8.75. The fourth-order valence-corrected chi connectivity index (χ4v) is 3.30.